The zero-order valence-corrected chi connectivity index (χ0v) is 8.69. The van der Waals surface area contributed by atoms with E-state index in [2.05, 4.69) is 0 Å². The monoisotopic (exact) mass is 205 g/mol. The minimum Gasteiger partial charge on any atom is -0.423 e. The maximum Gasteiger partial charge on any atom is 0.488 e. The van der Waals surface area contributed by atoms with E-state index in [4.69, 9.17) is 15.8 Å². The van der Waals surface area contributed by atoms with Crippen LogP contribution in [0.3, 0.4) is 0 Å². The normalized spacial score (nSPS) is 19.1. The van der Waals surface area contributed by atoms with Gasteiger partial charge in [0.05, 0.1) is 0 Å². The molecule has 1 aliphatic rings. The van der Waals surface area contributed by atoms with Crippen molar-refractivity contribution >= 4 is 12.6 Å². The van der Waals surface area contributed by atoms with Crippen LogP contribution in [-0.4, -0.2) is 17.2 Å². The highest BCUT2D eigenvalue weighted by Crippen LogP contribution is 2.35. The van der Waals surface area contributed by atoms with Crippen LogP contribution < -0.4 is 11.2 Å². The third kappa shape index (κ3) is 2.07. The predicted octanol–water partition coefficient (Wildman–Crippen LogP) is 0.0944. The van der Waals surface area contributed by atoms with Crippen LogP contribution in [0.25, 0.3) is 0 Å². The fourth-order valence-electron chi connectivity index (χ4n) is 2.28. The maximum atomic E-state index is 8.97. The van der Waals surface area contributed by atoms with E-state index in [0.29, 0.717) is 5.46 Å². The molecule has 1 aliphatic carbocycles. The second-order valence-corrected chi connectivity index (χ2v) is 4.36. The highest BCUT2D eigenvalue weighted by atomic mass is 16.4. The second kappa shape index (κ2) is 3.97. The molecule has 0 heterocycles. The van der Waals surface area contributed by atoms with Crippen LogP contribution >= 0.6 is 0 Å². The summed E-state index contributed by atoms with van der Waals surface area (Å²) in [5.41, 5.74) is 7.70. The van der Waals surface area contributed by atoms with Crippen molar-refractivity contribution in [1.29, 1.82) is 0 Å². The van der Waals surface area contributed by atoms with E-state index in [9.17, 15) is 0 Å². The van der Waals surface area contributed by atoms with Gasteiger partial charge >= 0.3 is 7.12 Å². The van der Waals surface area contributed by atoms with Crippen LogP contribution in [0, 0.1) is 0 Å². The molecule has 4 heteroatoms. The first-order valence-electron chi connectivity index (χ1n) is 5.37. The molecule has 0 bridgehead atoms. The van der Waals surface area contributed by atoms with Crippen molar-refractivity contribution in [2.24, 2.45) is 5.73 Å². The molecule has 0 spiro atoms. The Morgan fingerprint density at radius 2 is 1.60 bits per heavy atom. The van der Waals surface area contributed by atoms with Gasteiger partial charge in [0.15, 0.2) is 0 Å². The average Bonchev–Trinajstić information content (AvgIpc) is 2.67. The molecule has 15 heavy (non-hydrogen) atoms. The molecule has 0 radical (unpaired) electrons. The van der Waals surface area contributed by atoms with Crippen molar-refractivity contribution in [2.75, 3.05) is 0 Å². The number of benzene rings is 1. The molecule has 1 aromatic carbocycles. The van der Waals surface area contributed by atoms with E-state index in [1.54, 1.807) is 12.1 Å². The van der Waals surface area contributed by atoms with Gasteiger partial charge in [-0.1, -0.05) is 37.1 Å². The zero-order chi connectivity index (χ0) is 10.9. The Hall–Kier alpha value is -0.835. The van der Waals surface area contributed by atoms with Gasteiger partial charge in [0.1, 0.15) is 0 Å². The molecule has 0 aliphatic heterocycles. The number of hydrogen-bond donors (Lipinski definition) is 3. The third-order valence-corrected chi connectivity index (χ3v) is 3.28. The maximum absolute atomic E-state index is 8.97. The average molecular weight is 205 g/mol. The first-order valence-corrected chi connectivity index (χ1v) is 5.37. The molecule has 4 N–H and O–H groups in total. The Kier molecular flexibility index (Phi) is 2.82. The van der Waals surface area contributed by atoms with Crippen LogP contribution in [0.2, 0.25) is 0 Å². The van der Waals surface area contributed by atoms with E-state index in [0.717, 1.165) is 18.4 Å². The zero-order valence-electron chi connectivity index (χ0n) is 8.69. The first-order chi connectivity index (χ1) is 7.12. The third-order valence-electron chi connectivity index (χ3n) is 3.28. The van der Waals surface area contributed by atoms with Gasteiger partial charge in [0.2, 0.25) is 0 Å². The van der Waals surface area contributed by atoms with Crippen molar-refractivity contribution in [3.05, 3.63) is 29.8 Å². The van der Waals surface area contributed by atoms with E-state index < -0.39 is 7.12 Å². The summed E-state index contributed by atoms with van der Waals surface area (Å²) in [7, 11) is -1.39. The van der Waals surface area contributed by atoms with Crippen molar-refractivity contribution in [3.8, 4) is 0 Å². The Morgan fingerprint density at radius 3 is 2.07 bits per heavy atom. The smallest absolute Gasteiger partial charge is 0.423 e. The van der Waals surface area contributed by atoms with Crippen molar-refractivity contribution in [1.82, 2.24) is 0 Å². The fraction of sp³-hybridized carbons (Fsp3) is 0.455. The van der Waals surface area contributed by atoms with Gasteiger partial charge in [0, 0.05) is 5.54 Å². The van der Waals surface area contributed by atoms with Crippen molar-refractivity contribution in [2.45, 2.75) is 31.2 Å². The second-order valence-electron chi connectivity index (χ2n) is 4.36. The Labute approximate surface area is 90.1 Å². The van der Waals surface area contributed by atoms with Crippen molar-refractivity contribution < 1.29 is 10.0 Å². The van der Waals surface area contributed by atoms with Crippen molar-refractivity contribution in [3.63, 3.8) is 0 Å². The van der Waals surface area contributed by atoms with E-state index in [1.807, 2.05) is 12.1 Å². The summed E-state index contributed by atoms with van der Waals surface area (Å²) >= 11 is 0. The summed E-state index contributed by atoms with van der Waals surface area (Å²) in [6.07, 6.45) is 4.41. The standard InChI is InChI=1S/C11H16BNO2/c13-11(7-1-2-8-11)9-3-5-10(6-4-9)12(14)15/h3-6,14-15H,1-2,7-8,13H2. The Morgan fingerprint density at radius 1 is 1.07 bits per heavy atom. The molecule has 1 aromatic rings. The van der Waals surface area contributed by atoms with Crippen LogP contribution in [0.15, 0.2) is 24.3 Å². The lowest BCUT2D eigenvalue weighted by atomic mass is 9.78. The van der Waals surface area contributed by atoms with Crippen LogP contribution in [-0.2, 0) is 5.54 Å². The molecule has 2 rings (SSSR count). The largest absolute Gasteiger partial charge is 0.488 e. The first kappa shape index (κ1) is 10.7. The summed E-state index contributed by atoms with van der Waals surface area (Å²) in [5.74, 6) is 0. The molecular formula is C11H16BNO2. The molecular weight excluding hydrogens is 189 g/mol. The van der Waals surface area contributed by atoms with Crippen LogP contribution in [0.5, 0.6) is 0 Å². The van der Waals surface area contributed by atoms with Gasteiger partial charge < -0.3 is 15.8 Å². The number of hydrogen-bond acceptors (Lipinski definition) is 3. The van der Waals surface area contributed by atoms with Gasteiger partial charge in [-0.25, -0.2) is 0 Å². The summed E-state index contributed by atoms with van der Waals surface area (Å²) < 4.78 is 0. The molecule has 0 aromatic heterocycles. The molecule has 0 atom stereocenters. The minimum atomic E-state index is -1.39. The predicted molar refractivity (Wildman–Crippen MR) is 60.6 cm³/mol. The summed E-state index contributed by atoms with van der Waals surface area (Å²) in [6.45, 7) is 0. The van der Waals surface area contributed by atoms with Gasteiger partial charge in [-0.2, -0.15) is 0 Å². The van der Waals surface area contributed by atoms with Gasteiger partial charge in [-0.3, -0.25) is 0 Å². The lowest BCUT2D eigenvalue weighted by Crippen LogP contribution is -2.35. The fourth-order valence-corrected chi connectivity index (χ4v) is 2.28. The van der Waals surface area contributed by atoms with E-state index in [-0.39, 0.29) is 5.54 Å². The number of rotatable bonds is 2. The number of nitrogens with two attached hydrogens (primary N) is 1. The minimum absolute atomic E-state index is 0.195. The van der Waals surface area contributed by atoms with Crippen LogP contribution in [0.4, 0.5) is 0 Å². The lowest BCUT2D eigenvalue weighted by Gasteiger charge is -2.24. The lowest BCUT2D eigenvalue weighted by molar-refractivity contribution is 0.425. The topological polar surface area (TPSA) is 66.5 Å². The highest BCUT2D eigenvalue weighted by Gasteiger charge is 2.31. The van der Waals surface area contributed by atoms with E-state index >= 15 is 0 Å². The van der Waals surface area contributed by atoms with Gasteiger partial charge in [-0.05, 0) is 23.9 Å². The summed E-state index contributed by atoms with van der Waals surface area (Å²) in [4.78, 5) is 0. The Bertz CT molecular complexity index is 331. The quantitative estimate of drug-likeness (QED) is 0.599. The molecule has 0 saturated heterocycles. The molecule has 0 unspecified atom stereocenters. The molecule has 3 nitrogen and oxygen atoms in total. The SMILES string of the molecule is NC1(c2ccc(B(O)O)cc2)CCCC1. The highest BCUT2D eigenvalue weighted by molar-refractivity contribution is 6.58. The molecule has 0 amide bonds. The van der Waals surface area contributed by atoms with Crippen LogP contribution in [0.1, 0.15) is 31.2 Å². The molecule has 1 saturated carbocycles. The summed E-state index contributed by atoms with van der Waals surface area (Å²) in [5, 5.41) is 17.9. The van der Waals surface area contributed by atoms with Gasteiger partial charge in [0.25, 0.3) is 0 Å². The molecule has 1 fully saturated rings. The molecule has 80 valence electrons. The van der Waals surface area contributed by atoms with E-state index in [1.165, 1.54) is 12.8 Å². The van der Waals surface area contributed by atoms with Gasteiger partial charge in [-0.15, -0.1) is 0 Å². The summed E-state index contributed by atoms with van der Waals surface area (Å²) in [6, 6.07) is 7.26. The Balaban J connectivity index is 2.23.